The van der Waals surface area contributed by atoms with Crippen LogP contribution in [0.3, 0.4) is 0 Å². The summed E-state index contributed by atoms with van der Waals surface area (Å²) < 4.78 is 11.4. The van der Waals surface area contributed by atoms with Crippen molar-refractivity contribution in [3.05, 3.63) is 70.3 Å². The van der Waals surface area contributed by atoms with Gasteiger partial charge in [0.25, 0.3) is 0 Å². The molecular formula is C24H24O3. The van der Waals surface area contributed by atoms with Gasteiger partial charge in [0.05, 0.1) is 6.26 Å². The number of fused-ring (bicyclic) bond motifs is 2. The molecule has 0 atom stereocenters. The number of aryl methyl sites for hydroxylation is 1. The molecule has 2 heterocycles. The maximum atomic E-state index is 12.5. The summed E-state index contributed by atoms with van der Waals surface area (Å²) in [5, 5.41) is 2.04. The lowest BCUT2D eigenvalue weighted by Gasteiger charge is -2.08. The Balaban J connectivity index is 1.83. The average molecular weight is 360 g/mol. The maximum absolute atomic E-state index is 12.5. The lowest BCUT2D eigenvalue weighted by molar-refractivity contribution is 0.541. The van der Waals surface area contributed by atoms with Gasteiger partial charge in [-0.15, -0.1) is 0 Å². The van der Waals surface area contributed by atoms with E-state index in [1.54, 1.807) is 6.26 Å². The molecule has 0 amide bonds. The van der Waals surface area contributed by atoms with Gasteiger partial charge in [-0.3, -0.25) is 0 Å². The molecule has 3 nitrogen and oxygen atoms in total. The van der Waals surface area contributed by atoms with Crippen LogP contribution in [0.25, 0.3) is 33.1 Å². The Bertz CT molecular complexity index is 1130. The first kappa shape index (κ1) is 17.6. The summed E-state index contributed by atoms with van der Waals surface area (Å²) in [4.78, 5) is 12.5. The van der Waals surface area contributed by atoms with Gasteiger partial charge in [0.1, 0.15) is 11.2 Å². The van der Waals surface area contributed by atoms with E-state index in [2.05, 4.69) is 25.1 Å². The molecule has 0 aliphatic rings. The fourth-order valence-corrected chi connectivity index (χ4v) is 3.77. The summed E-state index contributed by atoms with van der Waals surface area (Å²) in [6.45, 7) is 4.22. The summed E-state index contributed by atoms with van der Waals surface area (Å²) in [6.07, 6.45) is 7.11. The standard InChI is InChI=1S/C24H24O3/c1-3-4-5-9-12-18-16(2)19-13-20-21(17-10-7-6-8-11-17)15-26-22(20)14-23(19)27-24(18)25/h6-8,10-11,13-15H,3-5,9,12H2,1-2H3. The monoisotopic (exact) mass is 360 g/mol. The van der Waals surface area contributed by atoms with E-state index in [-0.39, 0.29) is 5.63 Å². The minimum absolute atomic E-state index is 0.217. The maximum Gasteiger partial charge on any atom is 0.339 e. The topological polar surface area (TPSA) is 43.4 Å². The van der Waals surface area contributed by atoms with Gasteiger partial charge in [0, 0.05) is 28.0 Å². The Kier molecular flexibility index (Phi) is 4.85. The second-order valence-corrected chi connectivity index (χ2v) is 7.16. The Labute approximate surface area is 158 Å². The minimum Gasteiger partial charge on any atom is -0.464 e. The molecule has 0 saturated heterocycles. The van der Waals surface area contributed by atoms with E-state index in [9.17, 15) is 4.79 Å². The normalized spacial score (nSPS) is 11.5. The van der Waals surface area contributed by atoms with E-state index in [1.165, 1.54) is 12.8 Å². The minimum atomic E-state index is -0.217. The molecule has 0 aliphatic heterocycles. The highest BCUT2D eigenvalue weighted by atomic mass is 16.4. The van der Waals surface area contributed by atoms with Gasteiger partial charge >= 0.3 is 5.63 Å². The molecule has 3 heteroatoms. The zero-order chi connectivity index (χ0) is 18.8. The van der Waals surface area contributed by atoms with E-state index >= 15 is 0 Å². The lowest BCUT2D eigenvalue weighted by Crippen LogP contribution is -2.10. The summed E-state index contributed by atoms with van der Waals surface area (Å²) in [6, 6.07) is 14.1. The number of hydrogen-bond acceptors (Lipinski definition) is 3. The van der Waals surface area contributed by atoms with Crippen molar-refractivity contribution >= 4 is 21.9 Å². The summed E-state index contributed by atoms with van der Waals surface area (Å²) in [5.41, 5.74) is 5.12. The first-order valence-electron chi connectivity index (χ1n) is 9.72. The second-order valence-electron chi connectivity index (χ2n) is 7.16. The van der Waals surface area contributed by atoms with Crippen LogP contribution in [0.15, 0.2) is 62.4 Å². The zero-order valence-corrected chi connectivity index (χ0v) is 15.9. The van der Waals surface area contributed by atoms with Gasteiger partial charge in [-0.1, -0.05) is 56.5 Å². The molecule has 0 aliphatic carbocycles. The summed E-state index contributed by atoms with van der Waals surface area (Å²) in [5.74, 6) is 0. The second kappa shape index (κ2) is 7.43. The van der Waals surface area contributed by atoms with Crippen molar-refractivity contribution in [2.75, 3.05) is 0 Å². The van der Waals surface area contributed by atoms with Crippen LogP contribution in [0.1, 0.15) is 43.7 Å². The van der Waals surface area contributed by atoms with Crippen molar-refractivity contribution in [2.45, 2.75) is 46.0 Å². The van der Waals surface area contributed by atoms with Gasteiger partial charge in [-0.05, 0) is 37.0 Å². The summed E-state index contributed by atoms with van der Waals surface area (Å²) in [7, 11) is 0. The molecule has 2 aromatic heterocycles. The molecule has 2 aromatic carbocycles. The number of furan rings is 1. The Morgan fingerprint density at radius 3 is 2.52 bits per heavy atom. The van der Waals surface area contributed by atoms with E-state index in [4.69, 9.17) is 8.83 Å². The number of unbranched alkanes of at least 4 members (excludes halogenated alkanes) is 3. The van der Waals surface area contributed by atoms with Crippen LogP contribution in [-0.2, 0) is 6.42 Å². The third-order valence-electron chi connectivity index (χ3n) is 5.35. The molecule has 0 fully saturated rings. The Morgan fingerprint density at radius 1 is 0.926 bits per heavy atom. The van der Waals surface area contributed by atoms with Crippen LogP contribution in [0.2, 0.25) is 0 Å². The number of rotatable bonds is 6. The van der Waals surface area contributed by atoms with Crippen LogP contribution in [0, 0.1) is 6.92 Å². The fourth-order valence-electron chi connectivity index (χ4n) is 3.77. The highest BCUT2D eigenvalue weighted by molar-refractivity contribution is 6.02. The zero-order valence-electron chi connectivity index (χ0n) is 15.9. The van der Waals surface area contributed by atoms with E-state index in [1.807, 2.05) is 31.2 Å². The van der Waals surface area contributed by atoms with Crippen molar-refractivity contribution in [3.63, 3.8) is 0 Å². The summed E-state index contributed by atoms with van der Waals surface area (Å²) >= 11 is 0. The van der Waals surface area contributed by atoms with Gasteiger partial charge < -0.3 is 8.83 Å². The van der Waals surface area contributed by atoms with Crippen molar-refractivity contribution < 1.29 is 8.83 Å². The third-order valence-corrected chi connectivity index (χ3v) is 5.35. The molecule has 4 aromatic rings. The third kappa shape index (κ3) is 3.30. The van der Waals surface area contributed by atoms with E-state index in [0.717, 1.165) is 57.9 Å². The van der Waals surface area contributed by atoms with Crippen molar-refractivity contribution in [1.29, 1.82) is 0 Å². The van der Waals surface area contributed by atoms with Crippen LogP contribution >= 0.6 is 0 Å². The fraction of sp³-hybridized carbons (Fsp3) is 0.292. The van der Waals surface area contributed by atoms with Crippen molar-refractivity contribution in [1.82, 2.24) is 0 Å². The van der Waals surface area contributed by atoms with E-state index in [0.29, 0.717) is 5.58 Å². The molecule has 0 N–H and O–H groups in total. The molecule has 138 valence electrons. The Morgan fingerprint density at radius 2 is 1.74 bits per heavy atom. The number of hydrogen-bond donors (Lipinski definition) is 0. The molecule has 0 radical (unpaired) electrons. The predicted molar refractivity (Wildman–Crippen MR) is 110 cm³/mol. The van der Waals surface area contributed by atoms with Gasteiger partial charge in [-0.25, -0.2) is 4.79 Å². The quantitative estimate of drug-likeness (QED) is 0.286. The number of benzene rings is 2. The van der Waals surface area contributed by atoms with Crippen LogP contribution < -0.4 is 5.63 Å². The molecule has 0 unspecified atom stereocenters. The molecule has 0 bridgehead atoms. The molecule has 0 saturated carbocycles. The van der Waals surface area contributed by atoms with Gasteiger partial charge in [0.2, 0.25) is 0 Å². The highest BCUT2D eigenvalue weighted by Crippen LogP contribution is 2.34. The smallest absolute Gasteiger partial charge is 0.339 e. The predicted octanol–water partition coefficient (Wildman–Crippen LogP) is 6.64. The SMILES string of the molecule is CCCCCCc1c(C)c2cc3c(-c4ccccc4)coc3cc2oc1=O. The molecule has 27 heavy (non-hydrogen) atoms. The van der Waals surface area contributed by atoms with Crippen molar-refractivity contribution in [2.24, 2.45) is 0 Å². The lowest BCUT2D eigenvalue weighted by atomic mass is 9.98. The van der Waals surface area contributed by atoms with Gasteiger partial charge in [-0.2, -0.15) is 0 Å². The van der Waals surface area contributed by atoms with Crippen LogP contribution in [-0.4, -0.2) is 0 Å². The van der Waals surface area contributed by atoms with Crippen LogP contribution in [0.4, 0.5) is 0 Å². The first-order valence-corrected chi connectivity index (χ1v) is 9.72. The van der Waals surface area contributed by atoms with Crippen molar-refractivity contribution in [3.8, 4) is 11.1 Å². The first-order chi connectivity index (χ1) is 13.2. The van der Waals surface area contributed by atoms with E-state index < -0.39 is 0 Å². The molecule has 4 rings (SSSR count). The largest absolute Gasteiger partial charge is 0.464 e. The average Bonchev–Trinajstić information content (AvgIpc) is 3.09. The Hall–Kier alpha value is -2.81. The molecular weight excluding hydrogens is 336 g/mol. The van der Waals surface area contributed by atoms with Crippen LogP contribution in [0.5, 0.6) is 0 Å². The highest BCUT2D eigenvalue weighted by Gasteiger charge is 2.15. The molecule has 0 spiro atoms. The van der Waals surface area contributed by atoms with Gasteiger partial charge in [0.15, 0.2) is 0 Å².